The van der Waals surface area contributed by atoms with E-state index >= 15 is 0 Å². The summed E-state index contributed by atoms with van der Waals surface area (Å²) in [5.74, 6) is 2.31. The Kier molecular flexibility index (Phi) is 4.19. The van der Waals surface area contributed by atoms with Crippen LogP contribution in [0.2, 0.25) is 0 Å². The number of aromatic nitrogens is 1. The summed E-state index contributed by atoms with van der Waals surface area (Å²) in [7, 11) is 0. The van der Waals surface area contributed by atoms with E-state index < -0.39 is 0 Å². The van der Waals surface area contributed by atoms with E-state index in [1.165, 1.54) is 32.1 Å². The molecule has 3 nitrogen and oxygen atoms in total. The molecule has 0 aliphatic heterocycles. The molecular weight excluding hydrogens is 234 g/mol. The highest BCUT2D eigenvalue weighted by Gasteiger charge is 2.23. The summed E-state index contributed by atoms with van der Waals surface area (Å²) in [6.45, 7) is 7.34. The molecule has 0 radical (unpaired) electrons. The van der Waals surface area contributed by atoms with Crippen molar-refractivity contribution < 1.29 is 0 Å². The molecule has 19 heavy (non-hydrogen) atoms. The van der Waals surface area contributed by atoms with Crippen molar-refractivity contribution in [3.63, 3.8) is 0 Å². The van der Waals surface area contributed by atoms with Crippen LogP contribution >= 0.6 is 0 Å². The van der Waals surface area contributed by atoms with Gasteiger partial charge in [0.15, 0.2) is 0 Å². The fraction of sp³-hybridized carbons (Fsp3) is 0.688. The van der Waals surface area contributed by atoms with Gasteiger partial charge in [-0.05, 0) is 44.1 Å². The molecule has 0 amide bonds. The maximum absolute atomic E-state index is 9.17. The molecule has 2 N–H and O–H groups in total. The fourth-order valence-electron chi connectivity index (χ4n) is 3.35. The molecule has 2 rings (SSSR count). The van der Waals surface area contributed by atoms with E-state index in [9.17, 15) is 0 Å². The van der Waals surface area contributed by atoms with Gasteiger partial charge in [0.05, 0.1) is 5.56 Å². The van der Waals surface area contributed by atoms with Gasteiger partial charge in [0, 0.05) is 12.2 Å². The van der Waals surface area contributed by atoms with E-state index in [2.05, 4.69) is 24.5 Å². The standard InChI is InChI=1S/C16H25N3/c1-4-13-5-7-14(8-6-13)10-19-12(3)11(2)15(9-17)16(19)18/h13-14H,4-8,10,18H2,1-3H3. The Bertz CT molecular complexity index is 485. The first-order valence-corrected chi connectivity index (χ1v) is 7.43. The van der Waals surface area contributed by atoms with E-state index in [1.54, 1.807) is 0 Å². The van der Waals surface area contributed by atoms with E-state index in [1.807, 2.05) is 6.92 Å². The molecule has 104 valence electrons. The first-order valence-electron chi connectivity index (χ1n) is 7.43. The molecule has 0 bridgehead atoms. The minimum absolute atomic E-state index is 0.662. The number of anilines is 1. The highest BCUT2D eigenvalue weighted by Crippen LogP contribution is 2.33. The van der Waals surface area contributed by atoms with Gasteiger partial charge in [-0.25, -0.2) is 0 Å². The second kappa shape index (κ2) is 5.69. The summed E-state index contributed by atoms with van der Waals surface area (Å²) in [5.41, 5.74) is 9.00. The second-order valence-electron chi connectivity index (χ2n) is 5.99. The van der Waals surface area contributed by atoms with Crippen molar-refractivity contribution in [2.24, 2.45) is 11.8 Å². The zero-order valence-electron chi connectivity index (χ0n) is 12.4. The Balaban J connectivity index is 2.11. The average molecular weight is 259 g/mol. The maximum Gasteiger partial charge on any atom is 0.122 e. The molecule has 1 aliphatic carbocycles. The highest BCUT2D eigenvalue weighted by atomic mass is 15.1. The molecule has 0 spiro atoms. The number of hydrogen-bond donors (Lipinski definition) is 1. The molecule has 1 aromatic rings. The number of rotatable bonds is 3. The van der Waals surface area contributed by atoms with Crippen LogP contribution in [0.15, 0.2) is 0 Å². The largest absolute Gasteiger partial charge is 0.384 e. The molecule has 1 saturated carbocycles. The SMILES string of the molecule is CCC1CCC(Cn2c(C)c(C)c(C#N)c2N)CC1. The van der Waals surface area contributed by atoms with Crippen molar-refractivity contribution in [2.75, 3.05) is 5.73 Å². The molecule has 0 atom stereocenters. The highest BCUT2D eigenvalue weighted by molar-refractivity contribution is 5.57. The number of nitrogen functional groups attached to an aromatic ring is 1. The van der Waals surface area contributed by atoms with Crippen molar-refractivity contribution in [3.8, 4) is 6.07 Å². The topological polar surface area (TPSA) is 54.7 Å². The monoisotopic (exact) mass is 259 g/mol. The van der Waals surface area contributed by atoms with Crippen LogP contribution in [0.3, 0.4) is 0 Å². The van der Waals surface area contributed by atoms with Gasteiger partial charge in [-0.15, -0.1) is 0 Å². The first kappa shape index (κ1) is 14.0. The molecule has 1 aromatic heterocycles. The predicted molar refractivity (Wildman–Crippen MR) is 78.8 cm³/mol. The predicted octanol–water partition coefficient (Wildman–Crippen LogP) is 3.78. The van der Waals surface area contributed by atoms with Gasteiger partial charge in [-0.2, -0.15) is 5.26 Å². The van der Waals surface area contributed by atoms with Gasteiger partial charge >= 0.3 is 0 Å². The fourth-order valence-corrected chi connectivity index (χ4v) is 3.35. The first-order chi connectivity index (χ1) is 9.08. The Hall–Kier alpha value is -1.43. The van der Waals surface area contributed by atoms with Crippen molar-refractivity contribution in [2.45, 2.75) is 59.4 Å². The Morgan fingerprint density at radius 1 is 1.21 bits per heavy atom. The summed E-state index contributed by atoms with van der Waals surface area (Å²) in [5, 5.41) is 9.17. The van der Waals surface area contributed by atoms with Gasteiger partial charge < -0.3 is 10.3 Å². The van der Waals surface area contributed by atoms with Crippen LogP contribution < -0.4 is 5.73 Å². The lowest BCUT2D eigenvalue weighted by atomic mass is 9.81. The lowest BCUT2D eigenvalue weighted by Crippen LogP contribution is -2.20. The quantitative estimate of drug-likeness (QED) is 0.898. The van der Waals surface area contributed by atoms with Crippen LogP contribution in [0.5, 0.6) is 0 Å². The third-order valence-electron chi connectivity index (χ3n) is 4.97. The number of nitrogens with zero attached hydrogens (tertiary/aromatic N) is 2. The smallest absolute Gasteiger partial charge is 0.122 e. The van der Waals surface area contributed by atoms with Crippen molar-refractivity contribution in [3.05, 3.63) is 16.8 Å². The zero-order chi connectivity index (χ0) is 14.0. The second-order valence-corrected chi connectivity index (χ2v) is 5.99. The van der Waals surface area contributed by atoms with E-state index in [-0.39, 0.29) is 0 Å². The van der Waals surface area contributed by atoms with Gasteiger partial charge in [0.1, 0.15) is 11.9 Å². The molecule has 0 unspecified atom stereocenters. The summed E-state index contributed by atoms with van der Waals surface area (Å²) >= 11 is 0. The average Bonchev–Trinajstić information content (AvgIpc) is 2.63. The van der Waals surface area contributed by atoms with Crippen LogP contribution in [0.1, 0.15) is 55.8 Å². The van der Waals surface area contributed by atoms with Crippen molar-refractivity contribution in [1.29, 1.82) is 5.26 Å². The van der Waals surface area contributed by atoms with Gasteiger partial charge in [-0.1, -0.05) is 26.2 Å². The zero-order valence-corrected chi connectivity index (χ0v) is 12.4. The molecule has 1 heterocycles. The van der Waals surface area contributed by atoms with Crippen molar-refractivity contribution in [1.82, 2.24) is 4.57 Å². The van der Waals surface area contributed by atoms with Crippen LogP contribution in [0.4, 0.5) is 5.82 Å². The van der Waals surface area contributed by atoms with Gasteiger partial charge in [0.25, 0.3) is 0 Å². The van der Waals surface area contributed by atoms with Crippen LogP contribution in [-0.2, 0) is 6.54 Å². The molecule has 1 aliphatic rings. The summed E-state index contributed by atoms with van der Waals surface area (Å²) in [6.07, 6.45) is 6.62. The number of nitrogens with two attached hydrogens (primary N) is 1. The Morgan fingerprint density at radius 2 is 1.79 bits per heavy atom. The van der Waals surface area contributed by atoms with Crippen molar-refractivity contribution >= 4 is 5.82 Å². The summed E-state index contributed by atoms with van der Waals surface area (Å²) < 4.78 is 2.16. The maximum atomic E-state index is 9.17. The Labute approximate surface area is 116 Å². The number of hydrogen-bond acceptors (Lipinski definition) is 2. The lowest BCUT2D eigenvalue weighted by molar-refractivity contribution is 0.248. The summed E-state index contributed by atoms with van der Waals surface area (Å²) in [4.78, 5) is 0. The van der Waals surface area contributed by atoms with Crippen LogP contribution in [0.25, 0.3) is 0 Å². The van der Waals surface area contributed by atoms with Gasteiger partial charge in [-0.3, -0.25) is 0 Å². The molecule has 1 fully saturated rings. The molecule has 0 saturated heterocycles. The minimum atomic E-state index is 0.662. The van der Waals surface area contributed by atoms with Crippen LogP contribution in [-0.4, -0.2) is 4.57 Å². The minimum Gasteiger partial charge on any atom is -0.384 e. The third-order valence-corrected chi connectivity index (χ3v) is 4.97. The number of nitriles is 1. The van der Waals surface area contributed by atoms with E-state index in [0.29, 0.717) is 11.4 Å². The normalized spacial score (nSPS) is 23.3. The van der Waals surface area contributed by atoms with Gasteiger partial charge in [0.2, 0.25) is 0 Å². The summed E-state index contributed by atoms with van der Waals surface area (Å²) in [6, 6.07) is 2.23. The molecule has 3 heteroatoms. The van der Waals surface area contributed by atoms with E-state index in [0.717, 1.165) is 29.6 Å². The lowest BCUT2D eigenvalue weighted by Gasteiger charge is -2.28. The molecule has 0 aromatic carbocycles. The molecular formula is C16H25N3. The Morgan fingerprint density at radius 3 is 2.26 bits per heavy atom. The van der Waals surface area contributed by atoms with E-state index in [4.69, 9.17) is 11.0 Å². The van der Waals surface area contributed by atoms with Crippen LogP contribution in [0, 0.1) is 37.0 Å². The third kappa shape index (κ3) is 2.63.